The standard InChI is InChI=1S/C18H16N4O2/c1-9-15(18(23)24-3)10(2)19-16(9)14-8-12-11-6-4-5-7-13(11)20-17(12)22-21-14/h4-8,19H,1-3H3,(H,20,22). The van der Waals surface area contributed by atoms with Gasteiger partial charge in [-0.1, -0.05) is 18.2 Å². The number of para-hydroxylation sites is 1. The summed E-state index contributed by atoms with van der Waals surface area (Å²) in [5.41, 5.74) is 5.37. The van der Waals surface area contributed by atoms with E-state index >= 15 is 0 Å². The number of hydrogen-bond donors (Lipinski definition) is 2. The third-order valence-electron chi connectivity index (χ3n) is 4.35. The molecule has 120 valence electrons. The molecule has 3 aromatic heterocycles. The Morgan fingerprint density at radius 3 is 2.67 bits per heavy atom. The second kappa shape index (κ2) is 5.19. The number of nitrogens with zero attached hydrogens (tertiary/aromatic N) is 2. The van der Waals surface area contributed by atoms with Crippen molar-refractivity contribution >= 4 is 27.9 Å². The summed E-state index contributed by atoms with van der Waals surface area (Å²) in [5.74, 6) is -0.353. The van der Waals surface area contributed by atoms with Gasteiger partial charge in [0.05, 0.1) is 18.4 Å². The van der Waals surface area contributed by atoms with Gasteiger partial charge in [-0.25, -0.2) is 4.79 Å². The first-order valence-corrected chi connectivity index (χ1v) is 7.62. The average Bonchev–Trinajstić information content (AvgIpc) is 3.11. The second-order valence-electron chi connectivity index (χ2n) is 5.78. The third kappa shape index (κ3) is 2.00. The van der Waals surface area contributed by atoms with Crippen LogP contribution < -0.4 is 0 Å². The summed E-state index contributed by atoms with van der Waals surface area (Å²) in [4.78, 5) is 18.5. The van der Waals surface area contributed by atoms with Gasteiger partial charge in [-0.2, -0.15) is 0 Å². The van der Waals surface area contributed by atoms with E-state index in [0.717, 1.165) is 38.9 Å². The monoisotopic (exact) mass is 320 g/mol. The molecule has 4 rings (SSSR count). The molecule has 0 spiro atoms. The minimum atomic E-state index is -0.353. The number of aromatic nitrogens is 4. The molecule has 0 unspecified atom stereocenters. The molecule has 0 saturated carbocycles. The van der Waals surface area contributed by atoms with Crippen LogP contribution >= 0.6 is 0 Å². The molecule has 0 saturated heterocycles. The molecule has 0 amide bonds. The number of methoxy groups -OCH3 is 1. The summed E-state index contributed by atoms with van der Waals surface area (Å²) in [7, 11) is 1.38. The number of aryl methyl sites for hydroxylation is 1. The fourth-order valence-corrected chi connectivity index (χ4v) is 3.18. The Balaban J connectivity index is 1.94. The van der Waals surface area contributed by atoms with Gasteiger partial charge in [0, 0.05) is 22.0 Å². The van der Waals surface area contributed by atoms with Crippen LogP contribution in [-0.4, -0.2) is 33.2 Å². The molecule has 6 heteroatoms. The van der Waals surface area contributed by atoms with Gasteiger partial charge in [0.15, 0.2) is 5.65 Å². The smallest absolute Gasteiger partial charge is 0.339 e. The summed E-state index contributed by atoms with van der Waals surface area (Å²) in [6, 6.07) is 10.0. The van der Waals surface area contributed by atoms with Crippen molar-refractivity contribution in [1.82, 2.24) is 20.2 Å². The number of H-pyrrole nitrogens is 2. The minimum absolute atomic E-state index is 0.353. The Bertz CT molecular complexity index is 1090. The van der Waals surface area contributed by atoms with Gasteiger partial charge in [0.25, 0.3) is 0 Å². The van der Waals surface area contributed by atoms with Gasteiger partial charge in [-0.15, -0.1) is 10.2 Å². The van der Waals surface area contributed by atoms with Crippen molar-refractivity contribution in [3.63, 3.8) is 0 Å². The number of ether oxygens (including phenoxy) is 1. The average molecular weight is 320 g/mol. The highest BCUT2D eigenvalue weighted by molar-refractivity contribution is 6.06. The highest BCUT2D eigenvalue weighted by Gasteiger charge is 2.21. The first-order chi connectivity index (χ1) is 11.6. The van der Waals surface area contributed by atoms with Crippen LogP contribution in [0.5, 0.6) is 0 Å². The Labute approximate surface area is 137 Å². The molecule has 0 radical (unpaired) electrons. The lowest BCUT2D eigenvalue weighted by Gasteiger charge is -2.01. The number of fused-ring (bicyclic) bond motifs is 3. The molecule has 2 N–H and O–H groups in total. The maximum atomic E-state index is 12.0. The van der Waals surface area contributed by atoms with Crippen molar-refractivity contribution in [3.8, 4) is 11.4 Å². The number of rotatable bonds is 2. The molecule has 0 atom stereocenters. The van der Waals surface area contributed by atoms with Gasteiger partial charge < -0.3 is 14.7 Å². The Hall–Kier alpha value is -3.15. The molecule has 0 aliphatic carbocycles. The van der Waals surface area contributed by atoms with Crippen LogP contribution in [0.1, 0.15) is 21.6 Å². The van der Waals surface area contributed by atoms with Crippen LogP contribution in [0, 0.1) is 13.8 Å². The van der Waals surface area contributed by atoms with E-state index in [2.05, 4.69) is 20.2 Å². The number of aromatic amines is 2. The summed E-state index contributed by atoms with van der Waals surface area (Å²) in [6.45, 7) is 3.73. The zero-order chi connectivity index (χ0) is 16.8. The lowest BCUT2D eigenvalue weighted by molar-refractivity contribution is 0.0599. The number of hydrogen-bond acceptors (Lipinski definition) is 4. The van der Waals surface area contributed by atoms with Gasteiger partial charge in [0.1, 0.15) is 5.69 Å². The van der Waals surface area contributed by atoms with E-state index in [9.17, 15) is 4.79 Å². The molecular weight excluding hydrogens is 304 g/mol. The summed E-state index contributed by atoms with van der Waals surface area (Å²) in [6.07, 6.45) is 0. The van der Waals surface area contributed by atoms with Gasteiger partial charge in [-0.3, -0.25) is 0 Å². The summed E-state index contributed by atoms with van der Waals surface area (Å²) < 4.78 is 4.86. The maximum Gasteiger partial charge on any atom is 0.339 e. The highest BCUT2D eigenvalue weighted by Crippen LogP contribution is 2.30. The van der Waals surface area contributed by atoms with E-state index < -0.39 is 0 Å². The Kier molecular flexibility index (Phi) is 3.13. The quantitative estimate of drug-likeness (QED) is 0.554. The van der Waals surface area contributed by atoms with Crippen LogP contribution in [-0.2, 0) is 4.74 Å². The molecule has 0 fully saturated rings. The fraction of sp³-hybridized carbons (Fsp3) is 0.167. The van der Waals surface area contributed by atoms with Crippen molar-refractivity contribution in [3.05, 3.63) is 47.2 Å². The zero-order valence-corrected chi connectivity index (χ0v) is 13.6. The topological polar surface area (TPSA) is 83.7 Å². The summed E-state index contributed by atoms with van der Waals surface area (Å²) in [5, 5.41) is 10.7. The number of carbonyl (C=O) groups is 1. The van der Waals surface area contributed by atoms with Crippen LogP contribution in [0.15, 0.2) is 30.3 Å². The predicted molar refractivity (Wildman–Crippen MR) is 92.0 cm³/mol. The molecule has 0 aliphatic rings. The van der Waals surface area contributed by atoms with Crippen LogP contribution in [0.25, 0.3) is 33.3 Å². The largest absolute Gasteiger partial charge is 0.465 e. The third-order valence-corrected chi connectivity index (χ3v) is 4.35. The molecular formula is C18H16N4O2. The van der Waals surface area contributed by atoms with E-state index in [-0.39, 0.29) is 5.97 Å². The number of benzene rings is 1. The van der Waals surface area contributed by atoms with Crippen molar-refractivity contribution in [2.45, 2.75) is 13.8 Å². The lowest BCUT2D eigenvalue weighted by Crippen LogP contribution is -2.03. The van der Waals surface area contributed by atoms with Crippen molar-refractivity contribution < 1.29 is 9.53 Å². The first kappa shape index (κ1) is 14.4. The van der Waals surface area contributed by atoms with E-state index in [1.54, 1.807) is 0 Å². The highest BCUT2D eigenvalue weighted by atomic mass is 16.5. The minimum Gasteiger partial charge on any atom is -0.465 e. The number of carbonyl (C=O) groups excluding carboxylic acids is 1. The Morgan fingerprint density at radius 2 is 1.88 bits per heavy atom. The number of esters is 1. The molecule has 1 aromatic carbocycles. The predicted octanol–water partition coefficient (Wildman–Crippen LogP) is 3.51. The van der Waals surface area contributed by atoms with Crippen molar-refractivity contribution in [2.24, 2.45) is 0 Å². The Morgan fingerprint density at radius 1 is 1.08 bits per heavy atom. The van der Waals surface area contributed by atoms with Crippen LogP contribution in [0.2, 0.25) is 0 Å². The molecule has 3 heterocycles. The molecule has 4 aromatic rings. The van der Waals surface area contributed by atoms with Gasteiger partial charge in [0.2, 0.25) is 0 Å². The van der Waals surface area contributed by atoms with E-state index in [0.29, 0.717) is 11.3 Å². The van der Waals surface area contributed by atoms with Crippen molar-refractivity contribution in [2.75, 3.05) is 7.11 Å². The SMILES string of the molecule is COC(=O)c1c(C)[nH]c(-c2cc3c(nn2)[nH]c2ccccc23)c1C. The van der Waals surface area contributed by atoms with Gasteiger partial charge >= 0.3 is 5.97 Å². The van der Waals surface area contributed by atoms with E-state index in [1.165, 1.54) is 7.11 Å². The molecule has 0 aliphatic heterocycles. The summed E-state index contributed by atoms with van der Waals surface area (Å²) >= 11 is 0. The molecule has 0 bridgehead atoms. The first-order valence-electron chi connectivity index (χ1n) is 7.62. The fourth-order valence-electron chi connectivity index (χ4n) is 3.18. The van der Waals surface area contributed by atoms with E-state index in [4.69, 9.17) is 4.74 Å². The second-order valence-corrected chi connectivity index (χ2v) is 5.78. The van der Waals surface area contributed by atoms with Gasteiger partial charge in [-0.05, 0) is 31.5 Å². The van der Waals surface area contributed by atoms with Crippen molar-refractivity contribution in [1.29, 1.82) is 0 Å². The molecule has 24 heavy (non-hydrogen) atoms. The van der Waals surface area contributed by atoms with E-state index in [1.807, 2.05) is 44.2 Å². The molecule has 6 nitrogen and oxygen atoms in total. The van der Waals surface area contributed by atoms with Crippen LogP contribution in [0.3, 0.4) is 0 Å². The maximum absolute atomic E-state index is 12.0. The normalized spacial score (nSPS) is 11.3. The zero-order valence-electron chi connectivity index (χ0n) is 13.6. The lowest BCUT2D eigenvalue weighted by atomic mass is 10.1. The van der Waals surface area contributed by atoms with Crippen LogP contribution in [0.4, 0.5) is 0 Å². The number of nitrogens with one attached hydrogen (secondary N) is 2.